The van der Waals surface area contributed by atoms with Crippen molar-refractivity contribution in [1.29, 1.82) is 0 Å². The lowest BCUT2D eigenvalue weighted by atomic mass is 10.1. The van der Waals surface area contributed by atoms with E-state index in [2.05, 4.69) is 33.2 Å². The molecule has 0 aromatic carbocycles. The number of aliphatic hydroxyl groups is 1. The normalized spacial score (nSPS) is 16.0. The summed E-state index contributed by atoms with van der Waals surface area (Å²) in [6, 6.07) is 6.30. The second-order valence-electron chi connectivity index (χ2n) is 7.42. The van der Waals surface area contributed by atoms with Crippen LogP contribution in [0.2, 0.25) is 0 Å². The van der Waals surface area contributed by atoms with Gasteiger partial charge in [0, 0.05) is 37.5 Å². The molecule has 0 radical (unpaired) electrons. The Morgan fingerprint density at radius 2 is 2.11 bits per heavy atom. The van der Waals surface area contributed by atoms with Crippen LogP contribution < -0.4 is 5.32 Å². The molecule has 3 rings (SSSR count). The minimum Gasteiger partial charge on any atom is -0.378 e. The van der Waals surface area contributed by atoms with E-state index in [1.165, 1.54) is 11.8 Å². The van der Waals surface area contributed by atoms with Crippen molar-refractivity contribution in [2.45, 2.75) is 51.8 Å². The number of piperidine rings is 1. The number of aromatic nitrogens is 2. The van der Waals surface area contributed by atoms with Crippen LogP contribution in [0.1, 0.15) is 49.4 Å². The van der Waals surface area contributed by atoms with Crippen LogP contribution in [-0.2, 0) is 11.3 Å². The van der Waals surface area contributed by atoms with Crippen molar-refractivity contribution in [3.63, 3.8) is 0 Å². The van der Waals surface area contributed by atoms with Gasteiger partial charge in [0.25, 0.3) is 0 Å². The van der Waals surface area contributed by atoms with Gasteiger partial charge in [-0.15, -0.1) is 11.3 Å². The molecule has 0 bridgehead atoms. The number of carbonyl (C=O) groups is 1. The van der Waals surface area contributed by atoms with Crippen molar-refractivity contribution in [3.8, 4) is 11.8 Å². The maximum atomic E-state index is 11.3. The average molecular weight is 387 g/mol. The Labute approximate surface area is 164 Å². The molecule has 27 heavy (non-hydrogen) atoms. The molecule has 2 N–H and O–H groups in total. The van der Waals surface area contributed by atoms with E-state index in [0.717, 1.165) is 43.2 Å². The second-order valence-corrected chi connectivity index (χ2v) is 8.59. The number of nitrogens with one attached hydrogen (secondary N) is 1. The maximum absolute atomic E-state index is 11.3. The lowest BCUT2D eigenvalue weighted by molar-refractivity contribution is -0.114. The van der Waals surface area contributed by atoms with Gasteiger partial charge in [-0.2, -0.15) is 5.10 Å². The summed E-state index contributed by atoms with van der Waals surface area (Å²) in [5.74, 6) is 6.60. The highest BCUT2D eigenvalue weighted by molar-refractivity contribution is 7.12. The molecule has 0 unspecified atom stereocenters. The van der Waals surface area contributed by atoms with Gasteiger partial charge in [-0.05, 0) is 38.8 Å². The van der Waals surface area contributed by atoms with Crippen molar-refractivity contribution in [1.82, 2.24) is 14.7 Å². The van der Waals surface area contributed by atoms with E-state index in [9.17, 15) is 9.90 Å². The predicted octanol–water partition coefficient (Wildman–Crippen LogP) is 2.86. The smallest absolute Gasteiger partial charge is 0.222 e. The van der Waals surface area contributed by atoms with Crippen molar-refractivity contribution >= 4 is 23.1 Å². The third-order valence-electron chi connectivity index (χ3n) is 4.41. The predicted molar refractivity (Wildman–Crippen MR) is 108 cm³/mol. The fourth-order valence-electron chi connectivity index (χ4n) is 3.17. The highest BCUT2D eigenvalue weighted by atomic mass is 32.1. The van der Waals surface area contributed by atoms with E-state index in [0.29, 0.717) is 6.04 Å². The van der Waals surface area contributed by atoms with Gasteiger partial charge in [0.15, 0.2) is 0 Å². The Morgan fingerprint density at radius 1 is 1.37 bits per heavy atom. The quantitative estimate of drug-likeness (QED) is 0.793. The summed E-state index contributed by atoms with van der Waals surface area (Å²) in [7, 11) is 0. The molecule has 0 aliphatic carbocycles. The zero-order valence-corrected chi connectivity index (χ0v) is 16.8. The molecule has 0 saturated carbocycles. The highest BCUT2D eigenvalue weighted by Gasteiger charge is 2.23. The number of thiophene rings is 1. The minimum absolute atomic E-state index is 0.0737. The van der Waals surface area contributed by atoms with Crippen LogP contribution in [0, 0.1) is 11.8 Å². The Balaban J connectivity index is 1.54. The summed E-state index contributed by atoms with van der Waals surface area (Å²) >= 11 is 1.68. The Hall–Kier alpha value is -2.14. The number of hydrogen-bond acceptors (Lipinski definition) is 5. The summed E-state index contributed by atoms with van der Waals surface area (Å²) in [5, 5.41) is 17.0. The van der Waals surface area contributed by atoms with E-state index in [-0.39, 0.29) is 5.91 Å². The standard InChI is InChI=1S/C20H26N4O2S/c1-15(25)22-19-7-11-21-24(19)16-8-12-23(13-9-16)14-18-5-4-17(27-18)6-10-20(2,3)26/h4-5,7,11,16,26H,8-9,12-14H2,1-3H3,(H,22,25). The summed E-state index contributed by atoms with van der Waals surface area (Å²) < 4.78 is 1.94. The number of hydrogen-bond donors (Lipinski definition) is 2. The lowest BCUT2D eigenvalue weighted by Crippen LogP contribution is -2.34. The van der Waals surface area contributed by atoms with Gasteiger partial charge in [0.2, 0.25) is 5.91 Å². The molecule has 2 aromatic rings. The monoisotopic (exact) mass is 386 g/mol. The largest absolute Gasteiger partial charge is 0.378 e. The molecule has 1 amide bonds. The van der Waals surface area contributed by atoms with Gasteiger partial charge in [-0.25, -0.2) is 4.68 Å². The van der Waals surface area contributed by atoms with Gasteiger partial charge in [0.1, 0.15) is 11.4 Å². The highest BCUT2D eigenvalue weighted by Crippen LogP contribution is 2.27. The fraction of sp³-hybridized carbons (Fsp3) is 0.500. The van der Waals surface area contributed by atoms with E-state index in [4.69, 9.17) is 0 Å². The third kappa shape index (κ3) is 5.67. The summed E-state index contributed by atoms with van der Waals surface area (Å²) in [6.07, 6.45) is 3.75. The van der Waals surface area contributed by atoms with Crippen LogP contribution in [0.3, 0.4) is 0 Å². The number of nitrogens with zero attached hydrogens (tertiary/aromatic N) is 3. The molecule has 7 heteroatoms. The third-order valence-corrected chi connectivity index (χ3v) is 5.40. The van der Waals surface area contributed by atoms with Crippen LogP contribution in [0.15, 0.2) is 24.4 Å². The van der Waals surface area contributed by atoms with Gasteiger partial charge in [-0.1, -0.05) is 11.8 Å². The van der Waals surface area contributed by atoms with Crippen molar-refractivity contribution in [2.75, 3.05) is 18.4 Å². The topological polar surface area (TPSA) is 70.4 Å². The first-order chi connectivity index (χ1) is 12.8. The molecule has 1 aliphatic rings. The molecule has 1 fully saturated rings. The molecule has 2 aromatic heterocycles. The van der Waals surface area contributed by atoms with E-state index in [1.54, 1.807) is 31.4 Å². The molecule has 6 nitrogen and oxygen atoms in total. The number of likely N-dealkylation sites (tertiary alicyclic amines) is 1. The van der Waals surface area contributed by atoms with Crippen LogP contribution >= 0.6 is 11.3 Å². The number of anilines is 1. The molecule has 144 valence electrons. The lowest BCUT2D eigenvalue weighted by Gasteiger charge is -2.32. The Bertz CT molecular complexity index is 845. The van der Waals surface area contributed by atoms with Crippen LogP contribution in [-0.4, -0.2) is 44.4 Å². The van der Waals surface area contributed by atoms with E-state index >= 15 is 0 Å². The summed E-state index contributed by atoms with van der Waals surface area (Å²) in [5.41, 5.74) is -0.964. The van der Waals surface area contributed by atoms with Gasteiger partial charge >= 0.3 is 0 Å². The summed E-state index contributed by atoms with van der Waals surface area (Å²) in [4.78, 5) is 16.0. The number of rotatable bonds is 4. The minimum atomic E-state index is -0.964. The SMILES string of the molecule is CC(=O)Nc1ccnn1C1CCN(Cc2ccc(C#CC(C)(C)O)s2)CC1. The second kappa shape index (κ2) is 8.26. The first kappa shape index (κ1) is 19.6. The van der Waals surface area contributed by atoms with Crippen LogP contribution in [0.5, 0.6) is 0 Å². The average Bonchev–Trinajstić information content (AvgIpc) is 3.22. The number of carbonyl (C=O) groups excluding carboxylic acids is 1. The molecule has 0 spiro atoms. The van der Waals surface area contributed by atoms with Crippen molar-refractivity contribution in [3.05, 3.63) is 34.2 Å². The maximum Gasteiger partial charge on any atom is 0.222 e. The van der Waals surface area contributed by atoms with E-state index in [1.807, 2.05) is 16.8 Å². The van der Waals surface area contributed by atoms with Gasteiger partial charge in [-0.3, -0.25) is 9.69 Å². The van der Waals surface area contributed by atoms with Crippen molar-refractivity contribution < 1.29 is 9.90 Å². The van der Waals surface area contributed by atoms with Crippen molar-refractivity contribution in [2.24, 2.45) is 0 Å². The van der Waals surface area contributed by atoms with E-state index < -0.39 is 5.60 Å². The van der Waals surface area contributed by atoms with Crippen LogP contribution in [0.25, 0.3) is 0 Å². The zero-order valence-electron chi connectivity index (χ0n) is 16.0. The molecular formula is C20H26N4O2S. The Morgan fingerprint density at radius 3 is 2.78 bits per heavy atom. The number of amides is 1. The molecule has 1 saturated heterocycles. The molecular weight excluding hydrogens is 360 g/mol. The molecule has 0 atom stereocenters. The molecule has 3 heterocycles. The first-order valence-corrected chi connectivity index (χ1v) is 9.99. The first-order valence-electron chi connectivity index (χ1n) is 9.18. The molecule has 1 aliphatic heterocycles. The fourth-order valence-corrected chi connectivity index (χ4v) is 4.08. The van der Waals surface area contributed by atoms with Crippen LogP contribution in [0.4, 0.5) is 5.82 Å². The summed E-state index contributed by atoms with van der Waals surface area (Å²) in [6.45, 7) is 7.80. The Kier molecular flexibility index (Phi) is 6.00. The van der Waals surface area contributed by atoms with Gasteiger partial charge < -0.3 is 10.4 Å². The van der Waals surface area contributed by atoms with Gasteiger partial charge in [0.05, 0.1) is 17.1 Å². The zero-order chi connectivity index (χ0) is 19.4.